The maximum absolute atomic E-state index is 13.0. The molecule has 2 aromatic carbocycles. The number of methoxy groups -OCH3 is 2. The van der Waals surface area contributed by atoms with Gasteiger partial charge in [0.2, 0.25) is 0 Å². The molecule has 0 radical (unpaired) electrons. The molecule has 4 nitrogen and oxygen atoms in total. The molecule has 7 heteroatoms. The van der Waals surface area contributed by atoms with Crippen LogP contribution in [0.1, 0.15) is 27.0 Å². The monoisotopic (exact) mass is 565 g/mol. The number of ketones is 1. The highest BCUT2D eigenvalue weighted by Gasteiger charge is 2.32. The number of carbonyl (C=O) groups is 1. The Morgan fingerprint density at radius 2 is 1.81 bits per heavy atom. The van der Waals surface area contributed by atoms with Gasteiger partial charge in [0.05, 0.1) is 23.7 Å². The number of rotatable bonds is 6. The molecule has 0 bridgehead atoms. The van der Waals surface area contributed by atoms with E-state index in [1.54, 1.807) is 20.3 Å². The lowest BCUT2D eigenvalue weighted by Crippen LogP contribution is -3.00. The third-order valence-electron chi connectivity index (χ3n) is 5.54. The fourth-order valence-corrected chi connectivity index (χ4v) is 4.70. The van der Waals surface area contributed by atoms with Gasteiger partial charge in [0.25, 0.3) is 0 Å². The summed E-state index contributed by atoms with van der Waals surface area (Å²) in [6.07, 6.45) is 5.44. The molecule has 1 aliphatic rings. The molecule has 162 valence electrons. The van der Waals surface area contributed by atoms with Gasteiger partial charge in [-0.05, 0) is 58.1 Å². The second-order valence-corrected chi connectivity index (χ2v) is 8.68. The fraction of sp³-hybridized carbons (Fsp3) is 0.250. The molecule has 0 saturated carbocycles. The van der Waals surface area contributed by atoms with E-state index in [-0.39, 0.29) is 28.7 Å². The predicted molar refractivity (Wildman–Crippen MR) is 120 cm³/mol. The van der Waals surface area contributed by atoms with Crippen LogP contribution in [0.15, 0.2) is 59.3 Å². The van der Waals surface area contributed by atoms with Gasteiger partial charge in [0.15, 0.2) is 36.2 Å². The fourth-order valence-electron chi connectivity index (χ4n) is 3.95. The van der Waals surface area contributed by atoms with Crippen molar-refractivity contribution in [1.29, 1.82) is 0 Å². The summed E-state index contributed by atoms with van der Waals surface area (Å²) < 4.78 is 13.8. The van der Waals surface area contributed by atoms with Crippen LogP contribution in [0.4, 0.5) is 0 Å². The molecule has 0 saturated heterocycles. The highest BCUT2D eigenvalue weighted by Crippen LogP contribution is 2.38. The first kappa shape index (κ1) is 23.8. The van der Waals surface area contributed by atoms with Gasteiger partial charge < -0.3 is 26.5 Å². The van der Waals surface area contributed by atoms with Gasteiger partial charge in [0.1, 0.15) is 0 Å². The van der Waals surface area contributed by atoms with E-state index in [0.29, 0.717) is 30.9 Å². The molecule has 31 heavy (non-hydrogen) atoms. The normalized spacial score (nSPS) is 14.7. The Balaban J connectivity index is 0.00000272. The number of hydrogen-bond acceptors (Lipinski definition) is 3. The largest absolute Gasteiger partial charge is 1.00 e. The molecule has 0 aliphatic heterocycles. The van der Waals surface area contributed by atoms with Gasteiger partial charge in [-0.2, -0.15) is 4.57 Å². The Morgan fingerprint density at radius 1 is 1.10 bits per heavy atom. The van der Waals surface area contributed by atoms with Crippen molar-refractivity contribution in [2.75, 3.05) is 14.2 Å². The van der Waals surface area contributed by atoms with Crippen LogP contribution in [0.2, 0.25) is 5.02 Å². The lowest BCUT2D eigenvalue weighted by molar-refractivity contribution is -0.689. The summed E-state index contributed by atoms with van der Waals surface area (Å²) in [5.74, 6) is 1.32. The number of fused-ring (bicyclic) bond motifs is 1. The Kier molecular flexibility index (Phi) is 7.78. The number of hydrogen-bond donors (Lipinski definition) is 0. The lowest BCUT2D eigenvalue weighted by atomic mass is 9.96. The van der Waals surface area contributed by atoms with Gasteiger partial charge in [-0.3, -0.25) is 4.79 Å². The van der Waals surface area contributed by atoms with Crippen LogP contribution in [0.5, 0.6) is 11.5 Å². The van der Waals surface area contributed by atoms with Crippen LogP contribution < -0.4 is 31.0 Å². The van der Waals surface area contributed by atoms with Gasteiger partial charge in [0, 0.05) is 23.1 Å². The minimum atomic E-state index is -0.0902. The van der Waals surface area contributed by atoms with Crippen molar-refractivity contribution in [1.82, 2.24) is 0 Å². The first-order valence-corrected chi connectivity index (χ1v) is 10.9. The number of carbonyl (C=O) groups excluding carboxylic acids is 1. The third-order valence-corrected chi connectivity index (χ3v) is 6.62. The Bertz CT molecular complexity index is 1120. The molecule has 1 heterocycles. The van der Waals surface area contributed by atoms with Crippen molar-refractivity contribution < 1.29 is 35.8 Å². The SMILES string of the molecule is COc1cc2c(cc1OC)C(=O)C(Cc1cc[n+](Cc3ccccc3Cl)cc1Br)C2.[Br-]. The minimum Gasteiger partial charge on any atom is -1.00 e. The highest BCUT2D eigenvalue weighted by atomic mass is 79.9. The van der Waals surface area contributed by atoms with Crippen LogP contribution in [-0.4, -0.2) is 20.0 Å². The van der Waals surface area contributed by atoms with E-state index in [4.69, 9.17) is 21.1 Å². The molecule has 1 unspecified atom stereocenters. The van der Waals surface area contributed by atoms with Gasteiger partial charge in [-0.15, -0.1) is 0 Å². The maximum Gasteiger partial charge on any atom is 0.183 e. The lowest BCUT2D eigenvalue weighted by Gasteiger charge is -2.09. The van der Waals surface area contributed by atoms with Gasteiger partial charge in [-0.25, -0.2) is 0 Å². The molecule has 1 aliphatic carbocycles. The number of Topliss-reactive ketones (excluding diaryl/α,β-unsaturated/α-hetero) is 1. The first-order chi connectivity index (χ1) is 14.5. The molecule has 0 fully saturated rings. The molecular weight excluding hydrogens is 546 g/mol. The summed E-state index contributed by atoms with van der Waals surface area (Å²) >= 11 is 9.96. The summed E-state index contributed by atoms with van der Waals surface area (Å²) in [6, 6.07) is 13.6. The van der Waals surface area contributed by atoms with Crippen LogP contribution in [0, 0.1) is 5.92 Å². The molecular formula is C24H22Br2ClNO3. The highest BCUT2D eigenvalue weighted by molar-refractivity contribution is 9.10. The minimum absolute atomic E-state index is 0. The summed E-state index contributed by atoms with van der Waals surface area (Å²) in [4.78, 5) is 13.0. The number of nitrogens with zero attached hydrogens (tertiary/aromatic N) is 1. The van der Waals surface area contributed by atoms with Crippen LogP contribution in [-0.2, 0) is 19.4 Å². The van der Waals surface area contributed by atoms with Crippen molar-refractivity contribution in [3.8, 4) is 11.5 Å². The molecule has 0 amide bonds. The summed E-state index contributed by atoms with van der Waals surface area (Å²) in [7, 11) is 3.19. The molecule has 1 aromatic heterocycles. The summed E-state index contributed by atoms with van der Waals surface area (Å²) in [5, 5.41) is 0.755. The maximum atomic E-state index is 13.0. The molecule has 0 N–H and O–H groups in total. The average molecular weight is 568 g/mol. The smallest absolute Gasteiger partial charge is 0.183 e. The number of ether oxygens (including phenoxy) is 2. The number of benzene rings is 2. The third kappa shape index (κ3) is 4.97. The first-order valence-electron chi connectivity index (χ1n) is 9.70. The molecule has 0 spiro atoms. The van der Waals surface area contributed by atoms with Crippen molar-refractivity contribution in [3.05, 3.63) is 86.6 Å². The summed E-state index contributed by atoms with van der Waals surface area (Å²) in [6.45, 7) is 0.686. The Hall–Kier alpha value is -1.89. The number of pyridine rings is 1. The van der Waals surface area contributed by atoms with E-state index in [1.807, 2.05) is 42.7 Å². The van der Waals surface area contributed by atoms with E-state index in [1.165, 1.54) is 0 Å². The topological polar surface area (TPSA) is 39.4 Å². The Morgan fingerprint density at radius 3 is 2.48 bits per heavy atom. The van der Waals surface area contributed by atoms with E-state index in [0.717, 1.165) is 31.7 Å². The van der Waals surface area contributed by atoms with E-state index < -0.39 is 0 Å². The van der Waals surface area contributed by atoms with Gasteiger partial charge >= 0.3 is 0 Å². The van der Waals surface area contributed by atoms with Crippen molar-refractivity contribution in [2.45, 2.75) is 19.4 Å². The second kappa shape index (κ2) is 10.2. The molecule has 3 aromatic rings. The summed E-state index contributed by atoms with van der Waals surface area (Å²) in [5.41, 5.74) is 3.92. The number of aromatic nitrogens is 1. The van der Waals surface area contributed by atoms with Crippen LogP contribution in [0.3, 0.4) is 0 Å². The van der Waals surface area contributed by atoms with Crippen molar-refractivity contribution in [2.24, 2.45) is 5.92 Å². The van der Waals surface area contributed by atoms with E-state index >= 15 is 0 Å². The standard InChI is InChI=1S/C24H22BrClNO3.BrH/c1-29-22-11-17-10-18(24(28)19(17)12-23(22)30-2)9-15-7-8-27(14-20(15)25)13-16-5-3-4-6-21(16)26;/h3-8,11-12,14,18H,9-10,13H2,1-2H3;1H/q+1;/p-1. The Labute approximate surface area is 206 Å². The predicted octanol–water partition coefficient (Wildman–Crippen LogP) is 2.06. The molecule has 4 rings (SSSR count). The number of halogens is 3. The van der Waals surface area contributed by atoms with Crippen LogP contribution in [0.25, 0.3) is 0 Å². The zero-order chi connectivity index (χ0) is 21.3. The van der Waals surface area contributed by atoms with E-state index in [9.17, 15) is 4.79 Å². The zero-order valence-electron chi connectivity index (χ0n) is 17.2. The van der Waals surface area contributed by atoms with E-state index in [2.05, 4.69) is 26.6 Å². The average Bonchev–Trinajstić information content (AvgIpc) is 3.05. The van der Waals surface area contributed by atoms with Gasteiger partial charge in [-0.1, -0.05) is 29.8 Å². The quantitative estimate of drug-likeness (QED) is 0.429. The van der Waals surface area contributed by atoms with Crippen molar-refractivity contribution >= 4 is 33.3 Å². The second-order valence-electron chi connectivity index (χ2n) is 7.42. The van der Waals surface area contributed by atoms with Crippen molar-refractivity contribution in [3.63, 3.8) is 0 Å². The zero-order valence-corrected chi connectivity index (χ0v) is 21.1. The molecule has 1 atom stereocenters. The van der Waals surface area contributed by atoms with Crippen LogP contribution >= 0.6 is 27.5 Å².